The number of anilines is 2. The van der Waals surface area contributed by atoms with Gasteiger partial charge in [0.25, 0.3) is 0 Å². The van der Waals surface area contributed by atoms with Gasteiger partial charge in [-0.3, -0.25) is 9.59 Å². The molecule has 0 fully saturated rings. The van der Waals surface area contributed by atoms with Gasteiger partial charge in [0.05, 0.1) is 11.6 Å². The molecule has 2 aromatic rings. The predicted molar refractivity (Wildman–Crippen MR) is 94.7 cm³/mol. The largest absolute Gasteiger partial charge is 0.491 e. The van der Waals surface area contributed by atoms with Gasteiger partial charge in [-0.1, -0.05) is 12.1 Å². The van der Waals surface area contributed by atoms with Crippen LogP contribution in [0, 0.1) is 5.92 Å². The molecule has 7 nitrogen and oxygen atoms in total. The molecule has 0 radical (unpaired) electrons. The van der Waals surface area contributed by atoms with Crippen molar-refractivity contribution in [3.05, 3.63) is 42.5 Å². The summed E-state index contributed by atoms with van der Waals surface area (Å²) in [6, 6.07) is 12.4. The van der Waals surface area contributed by atoms with Crippen molar-refractivity contribution in [3.8, 4) is 17.2 Å². The fraction of sp³-hybridized carbons (Fsp3) is 0.263. The number of amides is 2. The minimum absolute atomic E-state index is 0.0221. The number of nitrogens with one attached hydrogen (secondary N) is 2. The van der Waals surface area contributed by atoms with Crippen LogP contribution >= 0.6 is 0 Å². The van der Waals surface area contributed by atoms with Gasteiger partial charge in [0.15, 0.2) is 11.5 Å². The number of hydrogen-bond donors (Lipinski definition) is 2. The Kier molecular flexibility index (Phi) is 4.35. The molecular weight excluding hydrogens is 336 g/mol. The van der Waals surface area contributed by atoms with Crippen LogP contribution in [-0.2, 0) is 9.59 Å². The van der Waals surface area contributed by atoms with Gasteiger partial charge >= 0.3 is 0 Å². The number of hydrogen-bond acceptors (Lipinski definition) is 5. The molecule has 0 aromatic heterocycles. The Hall–Kier alpha value is -3.22. The molecule has 1 unspecified atom stereocenters. The van der Waals surface area contributed by atoms with Gasteiger partial charge in [-0.25, -0.2) is 0 Å². The summed E-state index contributed by atoms with van der Waals surface area (Å²) in [5.74, 6) is 0.794. The zero-order valence-corrected chi connectivity index (χ0v) is 14.0. The van der Waals surface area contributed by atoms with Gasteiger partial charge in [0, 0.05) is 18.2 Å². The fourth-order valence-electron chi connectivity index (χ4n) is 2.91. The van der Waals surface area contributed by atoms with Gasteiger partial charge in [0.1, 0.15) is 25.6 Å². The van der Waals surface area contributed by atoms with E-state index in [1.807, 2.05) is 12.1 Å². The van der Waals surface area contributed by atoms with E-state index in [2.05, 4.69) is 10.6 Å². The lowest BCUT2D eigenvalue weighted by atomic mass is 10.1. The molecule has 0 aliphatic carbocycles. The van der Waals surface area contributed by atoms with Crippen LogP contribution in [-0.4, -0.2) is 31.6 Å². The van der Waals surface area contributed by atoms with Crippen molar-refractivity contribution in [2.24, 2.45) is 5.92 Å². The Morgan fingerprint density at radius 2 is 1.85 bits per heavy atom. The average molecular weight is 354 g/mol. The Balaban J connectivity index is 1.40. The highest BCUT2D eigenvalue weighted by Crippen LogP contribution is 2.33. The first-order valence-corrected chi connectivity index (χ1v) is 8.41. The summed E-state index contributed by atoms with van der Waals surface area (Å²) in [6.45, 7) is 1.14. The quantitative estimate of drug-likeness (QED) is 0.884. The summed E-state index contributed by atoms with van der Waals surface area (Å²) in [7, 11) is 0. The van der Waals surface area contributed by atoms with Gasteiger partial charge in [-0.15, -0.1) is 0 Å². The van der Waals surface area contributed by atoms with Crippen LogP contribution in [0.1, 0.15) is 6.42 Å². The lowest BCUT2D eigenvalue weighted by Gasteiger charge is -2.19. The summed E-state index contributed by atoms with van der Waals surface area (Å²) in [4.78, 5) is 24.7. The minimum Gasteiger partial charge on any atom is -0.491 e. The van der Waals surface area contributed by atoms with E-state index < -0.39 is 5.92 Å². The second kappa shape index (κ2) is 6.95. The average Bonchev–Trinajstić information content (AvgIpc) is 2.80. The van der Waals surface area contributed by atoms with E-state index in [0.717, 1.165) is 0 Å². The van der Waals surface area contributed by atoms with Crippen LogP contribution in [0.4, 0.5) is 11.4 Å². The summed E-state index contributed by atoms with van der Waals surface area (Å²) in [6.07, 6.45) is 0.0221. The first-order chi connectivity index (χ1) is 12.7. The van der Waals surface area contributed by atoms with Crippen LogP contribution in [0.3, 0.4) is 0 Å². The number of rotatable bonds is 3. The SMILES string of the molecule is O=C(CC1COc2ccccc2NC1=O)Nc1ccc2c(c1)OCCO2. The monoisotopic (exact) mass is 354 g/mol. The Morgan fingerprint density at radius 1 is 1.04 bits per heavy atom. The molecule has 0 bridgehead atoms. The number of fused-ring (bicyclic) bond motifs is 2. The molecule has 0 spiro atoms. The molecule has 134 valence electrons. The third kappa shape index (κ3) is 3.42. The lowest BCUT2D eigenvalue weighted by Crippen LogP contribution is -2.29. The molecule has 2 aliphatic rings. The normalized spacial score (nSPS) is 18.0. The standard InChI is InChI=1S/C19H18N2O5/c22-18(20-13-5-6-16-17(10-13)25-8-7-24-16)9-12-11-26-15-4-2-1-3-14(15)21-19(12)23/h1-6,10,12H,7-9,11H2,(H,20,22)(H,21,23). The number of para-hydroxylation sites is 2. The summed E-state index contributed by atoms with van der Waals surface area (Å²) in [5.41, 5.74) is 1.21. The van der Waals surface area contributed by atoms with Crippen molar-refractivity contribution in [1.29, 1.82) is 0 Å². The van der Waals surface area contributed by atoms with E-state index in [0.29, 0.717) is 41.8 Å². The first-order valence-electron chi connectivity index (χ1n) is 8.41. The lowest BCUT2D eigenvalue weighted by molar-refractivity contribution is -0.125. The molecule has 2 heterocycles. The van der Waals surface area contributed by atoms with Gasteiger partial charge in [-0.05, 0) is 24.3 Å². The number of ether oxygens (including phenoxy) is 3. The molecule has 2 aliphatic heterocycles. The van der Waals surface area contributed by atoms with E-state index >= 15 is 0 Å². The third-order valence-electron chi connectivity index (χ3n) is 4.21. The van der Waals surface area contributed by atoms with Crippen LogP contribution in [0.15, 0.2) is 42.5 Å². The predicted octanol–water partition coefficient (Wildman–Crippen LogP) is 2.43. The molecule has 2 N–H and O–H groups in total. The Labute approximate surface area is 150 Å². The number of carbonyl (C=O) groups excluding carboxylic acids is 2. The molecule has 2 aromatic carbocycles. The molecule has 1 atom stereocenters. The first kappa shape index (κ1) is 16.3. The van der Waals surface area contributed by atoms with E-state index in [9.17, 15) is 9.59 Å². The van der Waals surface area contributed by atoms with Crippen LogP contribution in [0.2, 0.25) is 0 Å². The molecule has 7 heteroatoms. The molecule has 0 saturated carbocycles. The zero-order valence-electron chi connectivity index (χ0n) is 14.0. The highest BCUT2D eigenvalue weighted by Gasteiger charge is 2.27. The van der Waals surface area contributed by atoms with E-state index in [-0.39, 0.29) is 24.8 Å². The molecule has 4 rings (SSSR count). The van der Waals surface area contributed by atoms with Crippen LogP contribution in [0.5, 0.6) is 17.2 Å². The third-order valence-corrected chi connectivity index (χ3v) is 4.21. The Morgan fingerprint density at radius 3 is 2.73 bits per heavy atom. The minimum atomic E-state index is -0.570. The van der Waals surface area contributed by atoms with Gasteiger partial charge < -0.3 is 24.8 Å². The zero-order chi connectivity index (χ0) is 17.9. The van der Waals surface area contributed by atoms with Gasteiger partial charge in [-0.2, -0.15) is 0 Å². The van der Waals surface area contributed by atoms with E-state index in [1.165, 1.54) is 0 Å². The van der Waals surface area contributed by atoms with E-state index in [1.54, 1.807) is 30.3 Å². The topological polar surface area (TPSA) is 85.9 Å². The maximum absolute atomic E-state index is 12.4. The summed E-state index contributed by atoms with van der Waals surface area (Å²) < 4.78 is 16.6. The molecule has 26 heavy (non-hydrogen) atoms. The second-order valence-corrected chi connectivity index (χ2v) is 6.10. The fourth-order valence-corrected chi connectivity index (χ4v) is 2.91. The maximum Gasteiger partial charge on any atom is 0.231 e. The highest BCUT2D eigenvalue weighted by molar-refractivity contribution is 5.99. The van der Waals surface area contributed by atoms with E-state index in [4.69, 9.17) is 14.2 Å². The number of carbonyl (C=O) groups is 2. The Bertz CT molecular complexity index is 852. The van der Waals surface area contributed by atoms with Crippen molar-refractivity contribution in [2.75, 3.05) is 30.5 Å². The van der Waals surface area contributed by atoms with Crippen molar-refractivity contribution in [3.63, 3.8) is 0 Å². The molecule has 2 amide bonds. The summed E-state index contributed by atoms with van der Waals surface area (Å²) in [5, 5.41) is 5.59. The van der Waals surface area contributed by atoms with Crippen LogP contribution in [0.25, 0.3) is 0 Å². The highest BCUT2D eigenvalue weighted by atomic mass is 16.6. The number of benzene rings is 2. The summed E-state index contributed by atoms with van der Waals surface area (Å²) >= 11 is 0. The van der Waals surface area contributed by atoms with Crippen molar-refractivity contribution in [1.82, 2.24) is 0 Å². The van der Waals surface area contributed by atoms with Gasteiger partial charge in [0.2, 0.25) is 11.8 Å². The van der Waals surface area contributed by atoms with Crippen molar-refractivity contribution in [2.45, 2.75) is 6.42 Å². The van der Waals surface area contributed by atoms with Crippen LogP contribution < -0.4 is 24.8 Å². The van der Waals surface area contributed by atoms with Crippen molar-refractivity contribution >= 4 is 23.2 Å². The molecule has 0 saturated heterocycles. The smallest absolute Gasteiger partial charge is 0.231 e. The maximum atomic E-state index is 12.4. The second-order valence-electron chi connectivity index (χ2n) is 6.10. The molecular formula is C19H18N2O5. The van der Waals surface area contributed by atoms with Crippen molar-refractivity contribution < 1.29 is 23.8 Å².